The summed E-state index contributed by atoms with van der Waals surface area (Å²) >= 11 is 0. The van der Waals surface area contributed by atoms with E-state index in [1.54, 1.807) is 19.9 Å². The van der Waals surface area contributed by atoms with E-state index in [1.807, 2.05) is 34.9 Å². The van der Waals surface area contributed by atoms with Crippen LogP contribution in [0.25, 0.3) is 5.52 Å². The molecule has 0 saturated carbocycles. The lowest BCUT2D eigenvalue weighted by atomic mass is 9.70. The average molecular weight is 604 g/mol. The van der Waals surface area contributed by atoms with Crippen molar-refractivity contribution in [3.63, 3.8) is 0 Å². The van der Waals surface area contributed by atoms with Gasteiger partial charge in [0.25, 0.3) is 0 Å². The van der Waals surface area contributed by atoms with Gasteiger partial charge in [0.15, 0.2) is 5.78 Å². The Morgan fingerprint density at radius 3 is 2.07 bits per heavy atom. The molecule has 0 spiro atoms. The first-order valence-corrected chi connectivity index (χ1v) is 16.5. The predicted molar refractivity (Wildman–Crippen MR) is 179 cm³/mol. The molecular formula is C37H53N3O4. The number of aromatic nitrogens is 1. The van der Waals surface area contributed by atoms with Gasteiger partial charge in [-0.25, -0.2) is 0 Å². The van der Waals surface area contributed by atoms with Gasteiger partial charge in [0.2, 0.25) is 5.78 Å². The van der Waals surface area contributed by atoms with Crippen molar-refractivity contribution in [2.24, 2.45) is 5.73 Å². The SMILES string of the molecule is CCCCc1cc2cc(C(=O)C(C)NC(C)C(=O)OC)ccn2c1C(=O)c1ccc(C(CCN)(CCCC)CCCC)cc1. The number of nitrogens with zero attached hydrogens (tertiary/aromatic N) is 1. The van der Waals surface area contributed by atoms with Crippen LogP contribution in [-0.2, 0) is 21.4 Å². The third-order valence-corrected chi connectivity index (χ3v) is 9.00. The van der Waals surface area contributed by atoms with E-state index in [-0.39, 0.29) is 17.0 Å². The number of carbonyl (C=O) groups excluding carboxylic acids is 3. The van der Waals surface area contributed by atoms with Crippen molar-refractivity contribution in [1.82, 2.24) is 9.72 Å². The highest BCUT2D eigenvalue weighted by Crippen LogP contribution is 2.38. The Kier molecular flexibility index (Phi) is 13.3. The molecule has 2 aromatic heterocycles. The third kappa shape index (κ3) is 8.24. The molecule has 240 valence electrons. The number of fused-ring (bicyclic) bond motifs is 1. The molecule has 0 fully saturated rings. The summed E-state index contributed by atoms with van der Waals surface area (Å²) < 4.78 is 6.69. The highest BCUT2D eigenvalue weighted by Gasteiger charge is 2.31. The number of ether oxygens (including phenoxy) is 1. The summed E-state index contributed by atoms with van der Waals surface area (Å²) in [7, 11) is 1.33. The lowest BCUT2D eigenvalue weighted by Crippen LogP contribution is -2.44. The molecule has 2 heterocycles. The number of hydrogen-bond acceptors (Lipinski definition) is 6. The van der Waals surface area contributed by atoms with Gasteiger partial charge in [0, 0.05) is 22.8 Å². The van der Waals surface area contributed by atoms with Gasteiger partial charge in [-0.05, 0) is 87.2 Å². The summed E-state index contributed by atoms with van der Waals surface area (Å²) in [5.41, 5.74) is 11.1. The minimum absolute atomic E-state index is 0.0183. The number of carbonyl (C=O) groups is 3. The van der Waals surface area contributed by atoms with Gasteiger partial charge in [-0.3, -0.25) is 19.7 Å². The second kappa shape index (κ2) is 16.7. The molecule has 0 bridgehead atoms. The molecule has 2 unspecified atom stereocenters. The highest BCUT2D eigenvalue weighted by atomic mass is 16.5. The van der Waals surface area contributed by atoms with Gasteiger partial charge in [0.1, 0.15) is 6.04 Å². The molecule has 2 atom stereocenters. The number of ketones is 2. The average Bonchev–Trinajstić information content (AvgIpc) is 3.41. The molecule has 3 N–H and O–H groups in total. The van der Waals surface area contributed by atoms with Gasteiger partial charge >= 0.3 is 5.97 Å². The van der Waals surface area contributed by atoms with Crippen molar-refractivity contribution < 1.29 is 19.1 Å². The Hall–Kier alpha value is -3.29. The van der Waals surface area contributed by atoms with Crippen LogP contribution < -0.4 is 11.1 Å². The fourth-order valence-electron chi connectivity index (χ4n) is 6.37. The van der Waals surface area contributed by atoms with Crippen molar-refractivity contribution in [3.8, 4) is 0 Å². The van der Waals surface area contributed by atoms with E-state index in [0.29, 0.717) is 23.4 Å². The maximum atomic E-state index is 14.1. The number of esters is 1. The van der Waals surface area contributed by atoms with E-state index in [9.17, 15) is 14.4 Å². The van der Waals surface area contributed by atoms with Gasteiger partial charge in [0.05, 0.1) is 18.8 Å². The summed E-state index contributed by atoms with van der Waals surface area (Å²) in [6.07, 6.45) is 12.3. The molecule has 0 amide bonds. The number of aryl methyl sites for hydroxylation is 1. The molecule has 0 aliphatic rings. The molecule has 44 heavy (non-hydrogen) atoms. The highest BCUT2D eigenvalue weighted by molar-refractivity contribution is 6.10. The van der Waals surface area contributed by atoms with E-state index in [1.165, 1.54) is 12.7 Å². The van der Waals surface area contributed by atoms with Crippen LogP contribution in [0.2, 0.25) is 0 Å². The third-order valence-electron chi connectivity index (χ3n) is 9.00. The zero-order valence-corrected chi connectivity index (χ0v) is 27.7. The zero-order chi connectivity index (χ0) is 32.3. The standard InChI is InChI=1S/C37H53N3O4/c1-7-10-13-29-24-32-25-30(34(41)26(4)39-27(5)36(43)44-6)18-23-40(32)33(29)35(42)28-14-16-31(17-15-28)37(21-22-38,19-11-8-2)20-12-9-3/h14-18,23-27,39H,7-13,19-22,38H2,1-6H3. The fraction of sp³-hybridized carbons (Fsp3) is 0.541. The van der Waals surface area contributed by atoms with E-state index < -0.39 is 18.1 Å². The van der Waals surface area contributed by atoms with E-state index in [4.69, 9.17) is 10.5 Å². The van der Waals surface area contributed by atoms with Crippen molar-refractivity contribution in [3.05, 3.63) is 76.6 Å². The van der Waals surface area contributed by atoms with E-state index in [0.717, 1.165) is 75.3 Å². The first-order chi connectivity index (χ1) is 21.2. The number of nitrogens with one attached hydrogen (secondary N) is 1. The number of unbranched alkanes of at least 4 members (excludes halogenated alkanes) is 3. The topological polar surface area (TPSA) is 103 Å². The van der Waals surface area contributed by atoms with Crippen LogP contribution in [0.5, 0.6) is 0 Å². The Balaban J connectivity index is 1.97. The molecule has 0 radical (unpaired) electrons. The lowest BCUT2D eigenvalue weighted by Gasteiger charge is -2.35. The molecule has 1 aromatic carbocycles. The molecule has 7 heteroatoms. The van der Waals surface area contributed by atoms with Crippen molar-refractivity contribution >= 4 is 23.1 Å². The largest absolute Gasteiger partial charge is 0.468 e. The molecular weight excluding hydrogens is 550 g/mol. The number of rotatable bonds is 19. The summed E-state index contributed by atoms with van der Waals surface area (Å²) in [4.78, 5) is 39.2. The summed E-state index contributed by atoms with van der Waals surface area (Å²) in [5, 5.41) is 3.01. The molecule has 3 aromatic rings. The number of benzene rings is 1. The monoisotopic (exact) mass is 603 g/mol. The number of pyridine rings is 1. The second-order valence-electron chi connectivity index (χ2n) is 12.3. The number of methoxy groups -OCH3 is 1. The molecule has 0 aliphatic carbocycles. The fourth-order valence-corrected chi connectivity index (χ4v) is 6.37. The van der Waals surface area contributed by atoms with Crippen LogP contribution in [0.3, 0.4) is 0 Å². The van der Waals surface area contributed by atoms with Crippen LogP contribution in [-0.4, -0.2) is 47.7 Å². The van der Waals surface area contributed by atoms with Gasteiger partial charge in [-0.1, -0.05) is 77.1 Å². The molecule has 3 rings (SSSR count). The van der Waals surface area contributed by atoms with Gasteiger partial charge in [-0.15, -0.1) is 0 Å². The number of nitrogens with two attached hydrogens (primary N) is 1. The molecule has 0 saturated heterocycles. The number of Topliss-reactive ketones (excluding diaryl/α,β-unsaturated/α-hetero) is 1. The zero-order valence-electron chi connectivity index (χ0n) is 27.7. The maximum Gasteiger partial charge on any atom is 0.322 e. The predicted octanol–water partition coefficient (Wildman–Crippen LogP) is 7.20. The van der Waals surface area contributed by atoms with Crippen molar-refractivity contribution in [1.29, 1.82) is 0 Å². The van der Waals surface area contributed by atoms with Crippen molar-refractivity contribution in [2.75, 3.05) is 13.7 Å². The minimum atomic E-state index is -0.606. The molecule has 0 aliphatic heterocycles. The normalized spacial score (nSPS) is 13.2. The van der Waals surface area contributed by atoms with Crippen LogP contribution in [0.1, 0.15) is 130 Å². The summed E-state index contributed by atoms with van der Waals surface area (Å²) in [6.45, 7) is 10.7. The van der Waals surface area contributed by atoms with Crippen LogP contribution in [0.15, 0.2) is 48.7 Å². The van der Waals surface area contributed by atoms with Crippen LogP contribution in [0.4, 0.5) is 0 Å². The van der Waals surface area contributed by atoms with Crippen molar-refractivity contribution in [2.45, 2.75) is 116 Å². The Labute approximate surface area is 263 Å². The Bertz CT molecular complexity index is 1380. The Morgan fingerprint density at radius 2 is 1.50 bits per heavy atom. The van der Waals surface area contributed by atoms with Gasteiger partial charge < -0.3 is 14.9 Å². The summed E-state index contributed by atoms with van der Waals surface area (Å²) in [5.74, 6) is -0.569. The quantitative estimate of drug-likeness (QED) is 0.111. The number of hydrogen-bond donors (Lipinski definition) is 2. The van der Waals surface area contributed by atoms with E-state index in [2.05, 4.69) is 38.2 Å². The summed E-state index contributed by atoms with van der Waals surface area (Å²) in [6, 6.07) is 12.7. The maximum absolute atomic E-state index is 14.1. The first kappa shape index (κ1) is 35.2. The van der Waals surface area contributed by atoms with Crippen LogP contribution in [0, 0.1) is 0 Å². The van der Waals surface area contributed by atoms with Gasteiger partial charge in [-0.2, -0.15) is 0 Å². The molecule has 7 nitrogen and oxygen atoms in total. The van der Waals surface area contributed by atoms with Crippen LogP contribution >= 0.6 is 0 Å². The first-order valence-electron chi connectivity index (χ1n) is 16.5. The lowest BCUT2D eigenvalue weighted by molar-refractivity contribution is -0.142. The van der Waals surface area contributed by atoms with E-state index >= 15 is 0 Å². The Morgan fingerprint density at radius 1 is 0.864 bits per heavy atom. The minimum Gasteiger partial charge on any atom is -0.468 e. The second-order valence-corrected chi connectivity index (χ2v) is 12.3. The smallest absolute Gasteiger partial charge is 0.322 e.